The number of hydroxylamine groups is 1. The molecule has 164 valence electrons. The summed E-state index contributed by atoms with van der Waals surface area (Å²) in [6, 6.07) is 9.10. The van der Waals surface area contributed by atoms with Crippen molar-refractivity contribution in [2.75, 3.05) is 20.8 Å². The number of rotatable bonds is 10. The number of amides is 1. The highest BCUT2D eigenvalue weighted by Crippen LogP contribution is 2.17. The Hall–Kier alpha value is -2.71. The molecule has 4 N–H and O–H groups in total. The van der Waals surface area contributed by atoms with Gasteiger partial charge in [-0.2, -0.15) is 4.72 Å². The predicted molar refractivity (Wildman–Crippen MR) is 105 cm³/mol. The van der Waals surface area contributed by atoms with Gasteiger partial charge in [-0.3, -0.25) is 10.0 Å². The average Bonchev–Trinajstić information content (AvgIpc) is 2.76. The van der Waals surface area contributed by atoms with E-state index in [1.807, 2.05) is 0 Å². The Bertz CT molecular complexity index is 1070. The molecule has 0 aliphatic carbocycles. The minimum Gasteiger partial charge on any atom is -0.497 e. The van der Waals surface area contributed by atoms with E-state index in [1.54, 1.807) is 0 Å². The number of benzene rings is 2. The molecule has 0 fully saturated rings. The third-order valence-corrected chi connectivity index (χ3v) is 6.87. The van der Waals surface area contributed by atoms with Crippen LogP contribution in [0.15, 0.2) is 58.3 Å². The van der Waals surface area contributed by atoms with Gasteiger partial charge in [0, 0.05) is 6.54 Å². The maximum atomic E-state index is 12.5. The summed E-state index contributed by atoms with van der Waals surface area (Å²) in [5.74, 6) is -0.283. The largest absolute Gasteiger partial charge is 0.497 e. The zero-order chi connectivity index (χ0) is 22.4. The molecule has 1 atom stereocenters. The van der Waals surface area contributed by atoms with Crippen molar-refractivity contribution in [2.24, 2.45) is 0 Å². The topological polar surface area (TPSA) is 160 Å². The second-order valence-electron chi connectivity index (χ2n) is 5.85. The first-order valence-corrected chi connectivity index (χ1v) is 11.3. The van der Waals surface area contributed by atoms with Crippen LogP contribution < -0.4 is 24.4 Å². The van der Waals surface area contributed by atoms with E-state index in [0.29, 0.717) is 11.5 Å². The van der Waals surface area contributed by atoms with Gasteiger partial charge < -0.3 is 9.47 Å². The summed E-state index contributed by atoms with van der Waals surface area (Å²) in [7, 11) is -5.44. The molecule has 0 aliphatic rings. The SMILES string of the molecule is COc1ccc(S(=O)(=O)NCC(NS(=O)(=O)c2ccc(OC)cc2)C(=O)NO)cc1. The zero-order valence-corrected chi connectivity index (χ0v) is 17.7. The monoisotopic (exact) mass is 459 g/mol. The summed E-state index contributed by atoms with van der Waals surface area (Å²) in [6.07, 6.45) is 0. The molecule has 30 heavy (non-hydrogen) atoms. The fourth-order valence-electron chi connectivity index (χ4n) is 2.31. The number of hydrogen-bond donors (Lipinski definition) is 4. The van der Waals surface area contributed by atoms with E-state index < -0.39 is 38.5 Å². The van der Waals surface area contributed by atoms with Crippen molar-refractivity contribution in [3.63, 3.8) is 0 Å². The normalized spacial score (nSPS) is 12.8. The third-order valence-electron chi connectivity index (χ3n) is 3.94. The predicted octanol–water partition coefficient (Wildman–Crippen LogP) is -0.165. The Balaban J connectivity index is 2.17. The van der Waals surface area contributed by atoms with Crippen LogP contribution in [0.25, 0.3) is 0 Å². The van der Waals surface area contributed by atoms with Crippen LogP contribution in [0.3, 0.4) is 0 Å². The highest BCUT2D eigenvalue weighted by Gasteiger charge is 2.27. The van der Waals surface area contributed by atoms with Crippen LogP contribution >= 0.6 is 0 Å². The van der Waals surface area contributed by atoms with Gasteiger partial charge in [-0.05, 0) is 48.5 Å². The van der Waals surface area contributed by atoms with Gasteiger partial charge in [0.15, 0.2) is 0 Å². The van der Waals surface area contributed by atoms with Gasteiger partial charge >= 0.3 is 0 Å². The van der Waals surface area contributed by atoms with E-state index in [0.717, 1.165) is 0 Å². The van der Waals surface area contributed by atoms with Crippen LogP contribution in [0, 0.1) is 0 Å². The quantitative estimate of drug-likeness (QED) is 0.281. The molecule has 0 heterocycles. The van der Waals surface area contributed by atoms with E-state index in [2.05, 4.69) is 9.44 Å². The van der Waals surface area contributed by atoms with Crippen molar-refractivity contribution in [2.45, 2.75) is 15.8 Å². The number of carbonyl (C=O) groups is 1. The summed E-state index contributed by atoms with van der Waals surface area (Å²) in [4.78, 5) is 11.6. The first-order valence-electron chi connectivity index (χ1n) is 8.37. The fraction of sp³-hybridized carbons (Fsp3) is 0.235. The van der Waals surface area contributed by atoms with Crippen LogP contribution in [0.2, 0.25) is 0 Å². The van der Waals surface area contributed by atoms with Crippen LogP contribution in [-0.4, -0.2) is 54.8 Å². The Morgan fingerprint density at radius 3 is 1.70 bits per heavy atom. The molecular formula is C17H21N3O8S2. The lowest BCUT2D eigenvalue weighted by atomic mass is 10.3. The summed E-state index contributed by atoms with van der Waals surface area (Å²) in [5, 5.41) is 8.90. The standard InChI is InChI=1S/C17H21N3O8S2/c1-27-12-3-7-14(8-4-12)29(23,24)18-11-16(17(21)19-22)20-30(25,26)15-9-5-13(28-2)6-10-15/h3-10,16,18,20,22H,11H2,1-2H3,(H,19,21). The van der Waals surface area contributed by atoms with Crippen molar-refractivity contribution >= 4 is 26.0 Å². The first kappa shape index (κ1) is 23.6. The minimum absolute atomic E-state index is 0.121. The van der Waals surface area contributed by atoms with Gasteiger partial charge in [0.25, 0.3) is 5.91 Å². The van der Waals surface area contributed by atoms with Crippen molar-refractivity contribution in [3.05, 3.63) is 48.5 Å². The molecule has 0 spiro atoms. The van der Waals surface area contributed by atoms with Crippen molar-refractivity contribution in [1.82, 2.24) is 14.9 Å². The van der Waals surface area contributed by atoms with E-state index in [-0.39, 0.29) is 9.79 Å². The molecule has 0 aliphatic heterocycles. The van der Waals surface area contributed by atoms with E-state index in [9.17, 15) is 21.6 Å². The van der Waals surface area contributed by atoms with Crippen molar-refractivity contribution in [3.8, 4) is 11.5 Å². The number of methoxy groups -OCH3 is 2. The van der Waals surface area contributed by atoms with Gasteiger partial charge in [0.2, 0.25) is 20.0 Å². The van der Waals surface area contributed by atoms with E-state index in [4.69, 9.17) is 14.7 Å². The summed E-state index contributed by atoms with van der Waals surface area (Å²) in [6.45, 7) is -0.657. The summed E-state index contributed by atoms with van der Waals surface area (Å²) < 4.78 is 64.0. The van der Waals surface area contributed by atoms with Crippen LogP contribution in [0.4, 0.5) is 0 Å². The second-order valence-corrected chi connectivity index (χ2v) is 9.33. The second kappa shape index (κ2) is 9.86. The lowest BCUT2D eigenvalue weighted by molar-refractivity contribution is -0.130. The van der Waals surface area contributed by atoms with Crippen molar-refractivity contribution < 1.29 is 36.3 Å². The third kappa shape index (κ3) is 5.90. The van der Waals surface area contributed by atoms with Gasteiger partial charge in [-0.15, -0.1) is 0 Å². The molecule has 0 radical (unpaired) electrons. The Morgan fingerprint density at radius 1 is 0.867 bits per heavy atom. The van der Waals surface area contributed by atoms with Gasteiger partial charge in [0.05, 0.1) is 24.0 Å². The Morgan fingerprint density at radius 2 is 1.30 bits per heavy atom. The molecule has 1 amide bonds. The molecule has 11 nitrogen and oxygen atoms in total. The molecule has 0 saturated carbocycles. The van der Waals surface area contributed by atoms with Crippen LogP contribution in [0.1, 0.15) is 0 Å². The van der Waals surface area contributed by atoms with Crippen molar-refractivity contribution in [1.29, 1.82) is 0 Å². The number of hydrogen-bond acceptors (Lipinski definition) is 8. The smallest absolute Gasteiger partial charge is 0.262 e. The molecule has 0 bridgehead atoms. The van der Waals surface area contributed by atoms with Gasteiger partial charge in [0.1, 0.15) is 17.5 Å². The summed E-state index contributed by atoms with van der Waals surface area (Å²) >= 11 is 0. The molecule has 2 aromatic rings. The van der Waals surface area contributed by atoms with Crippen LogP contribution in [0.5, 0.6) is 11.5 Å². The van der Waals surface area contributed by atoms with Gasteiger partial charge in [-0.25, -0.2) is 27.0 Å². The first-order chi connectivity index (χ1) is 14.1. The highest BCUT2D eigenvalue weighted by atomic mass is 32.2. The lowest BCUT2D eigenvalue weighted by Gasteiger charge is -2.18. The molecule has 0 saturated heterocycles. The molecule has 2 aromatic carbocycles. The number of nitrogens with one attached hydrogen (secondary N) is 3. The maximum Gasteiger partial charge on any atom is 0.262 e. The number of carbonyl (C=O) groups excluding carboxylic acids is 1. The number of sulfonamides is 2. The molecule has 0 aromatic heterocycles. The maximum absolute atomic E-state index is 12.5. The molecule has 13 heteroatoms. The number of ether oxygens (including phenoxy) is 2. The average molecular weight is 460 g/mol. The van der Waals surface area contributed by atoms with Gasteiger partial charge in [-0.1, -0.05) is 0 Å². The fourth-order valence-corrected chi connectivity index (χ4v) is 4.55. The highest BCUT2D eigenvalue weighted by molar-refractivity contribution is 7.90. The molecular weight excluding hydrogens is 438 g/mol. The Labute approximate surface area is 174 Å². The minimum atomic E-state index is -4.21. The van der Waals surface area contributed by atoms with Crippen LogP contribution in [-0.2, 0) is 24.8 Å². The zero-order valence-electron chi connectivity index (χ0n) is 16.0. The van der Waals surface area contributed by atoms with E-state index >= 15 is 0 Å². The molecule has 2 rings (SSSR count). The molecule has 1 unspecified atom stereocenters. The Kier molecular flexibility index (Phi) is 7.75. The van der Waals surface area contributed by atoms with E-state index in [1.165, 1.54) is 68.2 Å². The lowest BCUT2D eigenvalue weighted by Crippen LogP contribution is -2.51. The summed E-state index contributed by atoms with van der Waals surface area (Å²) in [5.41, 5.74) is 1.31.